The third-order valence-electron chi connectivity index (χ3n) is 2.52. The van der Waals surface area contributed by atoms with Gasteiger partial charge in [-0.1, -0.05) is 6.07 Å². The Labute approximate surface area is 95.5 Å². The molecule has 0 spiro atoms. The van der Waals surface area contributed by atoms with Gasteiger partial charge in [0.05, 0.1) is 5.35 Å². The zero-order valence-corrected chi connectivity index (χ0v) is 10.1. The number of aromatic nitrogens is 1. The second kappa shape index (κ2) is 3.59. The minimum atomic E-state index is -5.06. The fraction of sp³-hybridized carbons (Fsp3) is 0.125. The van der Waals surface area contributed by atoms with Crippen LogP contribution in [-0.4, -0.2) is 29.5 Å². The van der Waals surface area contributed by atoms with Gasteiger partial charge in [0.15, 0.2) is 0 Å². The Bertz CT molecular complexity index is 613. The summed E-state index contributed by atoms with van der Waals surface area (Å²) in [4.78, 5) is 38.0. The maximum Gasteiger partial charge on any atom is 0.351 e. The van der Waals surface area contributed by atoms with Crippen molar-refractivity contribution in [3.8, 4) is 0 Å². The van der Waals surface area contributed by atoms with Crippen LogP contribution in [0.1, 0.15) is 0 Å². The van der Waals surface area contributed by atoms with Crippen LogP contribution in [0.2, 0.25) is 0 Å². The molecule has 0 bridgehead atoms. The predicted molar refractivity (Wildman–Crippen MR) is 59.2 cm³/mol. The summed E-state index contributed by atoms with van der Waals surface area (Å²) in [5.74, 6) is 0. The molecule has 0 radical (unpaired) electrons. The summed E-state index contributed by atoms with van der Waals surface area (Å²) < 4.78 is 22.8. The van der Waals surface area contributed by atoms with E-state index in [0.717, 1.165) is 12.2 Å². The SMILES string of the molecule is O=P(O)(O)C1(P(=O)(O)O)C=c2cccnc2=C1. The van der Waals surface area contributed by atoms with Crippen molar-refractivity contribution in [1.82, 2.24) is 4.98 Å². The van der Waals surface area contributed by atoms with Gasteiger partial charge in [-0.3, -0.25) is 14.1 Å². The van der Waals surface area contributed by atoms with E-state index in [1.54, 1.807) is 0 Å². The summed E-state index contributed by atoms with van der Waals surface area (Å²) in [6, 6.07) is 2.99. The van der Waals surface area contributed by atoms with Gasteiger partial charge in [-0.2, -0.15) is 0 Å². The summed E-state index contributed by atoms with van der Waals surface area (Å²) >= 11 is 0. The Hall–Kier alpha value is -0.810. The van der Waals surface area contributed by atoms with Crippen LogP contribution in [0.4, 0.5) is 0 Å². The number of rotatable bonds is 2. The highest BCUT2D eigenvalue weighted by atomic mass is 31.2. The molecule has 0 saturated carbocycles. The lowest BCUT2D eigenvalue weighted by molar-refractivity contribution is 0.339. The standard InChI is InChI=1S/C8H9NO6P2/c10-16(11,12)8(17(13,14)15)4-6-2-1-3-9-7(6)5-8/h1-5H,(H2,10,11,12)(H2,13,14,15). The monoisotopic (exact) mass is 277 g/mol. The predicted octanol–water partition coefficient (Wildman–Crippen LogP) is -1.29. The molecule has 92 valence electrons. The first-order valence-corrected chi connectivity index (χ1v) is 7.68. The maximum atomic E-state index is 11.4. The van der Waals surface area contributed by atoms with Gasteiger partial charge in [0.2, 0.25) is 4.90 Å². The molecule has 0 aliphatic heterocycles. The molecule has 0 aromatic carbocycles. The highest BCUT2D eigenvalue weighted by molar-refractivity contribution is 7.74. The van der Waals surface area contributed by atoms with E-state index < -0.39 is 20.1 Å². The first-order valence-electron chi connectivity index (χ1n) is 4.45. The average Bonchev–Trinajstić information content (AvgIpc) is 2.55. The van der Waals surface area contributed by atoms with Crippen molar-refractivity contribution in [3.05, 3.63) is 28.9 Å². The van der Waals surface area contributed by atoms with E-state index >= 15 is 0 Å². The fourth-order valence-corrected chi connectivity index (χ4v) is 4.20. The van der Waals surface area contributed by atoms with Crippen LogP contribution in [0, 0.1) is 0 Å². The Kier molecular flexibility index (Phi) is 2.67. The van der Waals surface area contributed by atoms with Crippen molar-refractivity contribution in [2.75, 3.05) is 0 Å². The number of hydrogen-bond acceptors (Lipinski definition) is 3. The number of nitrogens with zero attached hydrogens (tertiary/aromatic N) is 1. The first kappa shape index (κ1) is 12.6. The van der Waals surface area contributed by atoms with E-state index in [0.29, 0.717) is 5.22 Å². The molecule has 1 heterocycles. The molecule has 9 heteroatoms. The molecule has 17 heavy (non-hydrogen) atoms. The van der Waals surface area contributed by atoms with Gasteiger partial charge in [-0.05, 0) is 23.4 Å². The molecule has 1 aromatic rings. The van der Waals surface area contributed by atoms with Crippen LogP contribution in [0.25, 0.3) is 12.2 Å². The number of hydrogen-bond donors (Lipinski definition) is 4. The topological polar surface area (TPSA) is 128 Å². The zero-order chi connectivity index (χ0) is 12.9. The molecular formula is C8H9NO6P2. The maximum absolute atomic E-state index is 11.4. The number of fused-ring (bicyclic) bond motifs is 1. The van der Waals surface area contributed by atoms with E-state index in [4.69, 9.17) is 0 Å². The summed E-state index contributed by atoms with van der Waals surface area (Å²) in [5.41, 5.74) is 0. The molecule has 0 fully saturated rings. The molecule has 7 nitrogen and oxygen atoms in total. The van der Waals surface area contributed by atoms with Gasteiger partial charge in [0.25, 0.3) is 0 Å². The molecule has 0 unspecified atom stereocenters. The minimum absolute atomic E-state index is 0.152. The third kappa shape index (κ3) is 1.81. The summed E-state index contributed by atoms with van der Waals surface area (Å²) in [6.07, 6.45) is 3.10. The van der Waals surface area contributed by atoms with E-state index in [9.17, 15) is 28.7 Å². The van der Waals surface area contributed by atoms with Gasteiger partial charge in [-0.15, -0.1) is 0 Å². The van der Waals surface area contributed by atoms with E-state index in [1.807, 2.05) is 0 Å². The molecular weight excluding hydrogens is 268 g/mol. The first-order chi connectivity index (χ1) is 7.67. The Morgan fingerprint density at radius 1 is 1.06 bits per heavy atom. The van der Waals surface area contributed by atoms with E-state index in [1.165, 1.54) is 18.3 Å². The zero-order valence-electron chi connectivity index (χ0n) is 8.33. The molecule has 0 atom stereocenters. The number of pyridine rings is 1. The van der Waals surface area contributed by atoms with E-state index in [2.05, 4.69) is 4.98 Å². The van der Waals surface area contributed by atoms with E-state index in [-0.39, 0.29) is 5.35 Å². The van der Waals surface area contributed by atoms with Crippen molar-refractivity contribution in [2.24, 2.45) is 0 Å². The van der Waals surface area contributed by atoms with Gasteiger partial charge < -0.3 is 19.6 Å². The highest BCUT2D eigenvalue weighted by Gasteiger charge is 2.58. The lowest BCUT2D eigenvalue weighted by atomic mass is 10.4. The summed E-state index contributed by atoms with van der Waals surface area (Å²) in [6.45, 7) is 0. The minimum Gasteiger partial charge on any atom is -0.323 e. The van der Waals surface area contributed by atoms with Crippen LogP contribution in [0.5, 0.6) is 0 Å². The van der Waals surface area contributed by atoms with Gasteiger partial charge in [-0.25, -0.2) is 0 Å². The Morgan fingerprint density at radius 2 is 1.65 bits per heavy atom. The molecule has 1 aliphatic carbocycles. The second-order valence-electron chi connectivity index (χ2n) is 3.64. The van der Waals surface area contributed by atoms with Gasteiger partial charge in [0, 0.05) is 6.20 Å². The summed E-state index contributed by atoms with van der Waals surface area (Å²) in [5, 5.41) is 0.443. The smallest absolute Gasteiger partial charge is 0.323 e. The van der Waals surface area contributed by atoms with Crippen LogP contribution >= 0.6 is 15.2 Å². The van der Waals surface area contributed by atoms with Crippen molar-refractivity contribution in [3.63, 3.8) is 0 Å². The molecule has 2 rings (SSSR count). The Morgan fingerprint density at radius 3 is 2.12 bits per heavy atom. The highest BCUT2D eigenvalue weighted by Crippen LogP contribution is 2.71. The van der Waals surface area contributed by atoms with Crippen molar-refractivity contribution in [2.45, 2.75) is 4.90 Å². The van der Waals surface area contributed by atoms with Crippen LogP contribution in [-0.2, 0) is 9.13 Å². The Balaban J connectivity index is 2.86. The third-order valence-corrected chi connectivity index (χ3v) is 6.47. The van der Waals surface area contributed by atoms with Gasteiger partial charge >= 0.3 is 15.2 Å². The summed E-state index contributed by atoms with van der Waals surface area (Å²) in [7, 11) is -10.1. The average molecular weight is 277 g/mol. The van der Waals surface area contributed by atoms with Gasteiger partial charge in [0.1, 0.15) is 0 Å². The molecule has 1 aromatic heterocycles. The van der Waals surface area contributed by atoms with Crippen LogP contribution < -0.4 is 10.6 Å². The molecule has 1 aliphatic rings. The largest absolute Gasteiger partial charge is 0.351 e. The quantitative estimate of drug-likeness (QED) is 0.495. The van der Waals surface area contributed by atoms with Crippen molar-refractivity contribution < 1.29 is 28.7 Å². The fourth-order valence-electron chi connectivity index (χ4n) is 1.65. The normalized spacial score (nSPS) is 18.1. The molecule has 0 saturated heterocycles. The lowest BCUT2D eigenvalue weighted by Crippen LogP contribution is -2.23. The van der Waals surface area contributed by atoms with Crippen LogP contribution in [0.15, 0.2) is 18.3 Å². The van der Waals surface area contributed by atoms with Crippen molar-refractivity contribution >= 4 is 27.3 Å². The van der Waals surface area contributed by atoms with Crippen molar-refractivity contribution in [1.29, 1.82) is 0 Å². The lowest BCUT2D eigenvalue weighted by Gasteiger charge is -2.26. The molecule has 0 amide bonds. The van der Waals surface area contributed by atoms with Crippen LogP contribution in [0.3, 0.4) is 0 Å². The second-order valence-corrected chi connectivity index (χ2v) is 7.65. The molecule has 4 N–H and O–H groups in total.